The van der Waals surface area contributed by atoms with Crippen LogP contribution in [0.25, 0.3) is 10.9 Å². The highest BCUT2D eigenvalue weighted by Crippen LogP contribution is 2.32. The summed E-state index contributed by atoms with van der Waals surface area (Å²) >= 11 is 0. The fraction of sp³-hybridized carbons (Fsp3) is 0.607. The van der Waals surface area contributed by atoms with Gasteiger partial charge >= 0.3 is 0 Å². The van der Waals surface area contributed by atoms with E-state index < -0.39 is 0 Å². The number of hydrogen-bond acceptors (Lipinski definition) is 7. The van der Waals surface area contributed by atoms with Gasteiger partial charge in [0.05, 0.1) is 6.61 Å². The number of nitrogens with zero attached hydrogens (tertiary/aromatic N) is 2. The maximum atomic E-state index is 13.3. The number of ketones is 1. The van der Waals surface area contributed by atoms with Crippen molar-refractivity contribution in [2.24, 2.45) is 5.92 Å². The van der Waals surface area contributed by atoms with Gasteiger partial charge in [-0.3, -0.25) is 14.5 Å². The lowest BCUT2D eigenvalue weighted by atomic mass is 10.0. The van der Waals surface area contributed by atoms with Crippen molar-refractivity contribution in [1.29, 1.82) is 0 Å². The van der Waals surface area contributed by atoms with Crippen LogP contribution in [0.3, 0.4) is 0 Å². The third-order valence-electron chi connectivity index (χ3n) is 6.29. The number of likely N-dealkylation sites (tertiary alicyclic amines) is 1. The Morgan fingerprint density at radius 3 is 2.67 bits per heavy atom. The van der Waals surface area contributed by atoms with Gasteiger partial charge in [0.1, 0.15) is 29.3 Å². The van der Waals surface area contributed by atoms with Crippen LogP contribution < -0.4 is 14.8 Å². The quantitative estimate of drug-likeness (QED) is 0.412. The van der Waals surface area contributed by atoms with Crippen molar-refractivity contribution in [2.75, 3.05) is 40.0 Å². The number of methoxy groups -OCH3 is 1. The molecule has 198 valence electrons. The van der Waals surface area contributed by atoms with Crippen LogP contribution >= 0.6 is 0 Å². The Kier molecular flexibility index (Phi) is 10.5. The Morgan fingerprint density at radius 1 is 1.14 bits per heavy atom. The first-order valence-electron chi connectivity index (χ1n) is 13.0. The van der Waals surface area contributed by atoms with Crippen molar-refractivity contribution in [3.63, 3.8) is 0 Å². The number of ether oxygens (including phenoxy) is 3. The molecule has 0 bridgehead atoms. The number of amides is 1. The normalized spacial score (nSPS) is 16.5. The molecule has 0 aliphatic carbocycles. The molecule has 1 aliphatic heterocycles. The number of benzene rings is 1. The molecule has 2 heterocycles. The largest absolute Gasteiger partial charge is 0.493 e. The summed E-state index contributed by atoms with van der Waals surface area (Å²) in [5, 5.41) is 3.90. The lowest BCUT2D eigenvalue weighted by Crippen LogP contribution is -2.49. The Balaban J connectivity index is 1.86. The van der Waals surface area contributed by atoms with E-state index in [-0.39, 0.29) is 36.0 Å². The number of piperidine rings is 1. The van der Waals surface area contributed by atoms with Gasteiger partial charge in [-0.2, -0.15) is 0 Å². The van der Waals surface area contributed by atoms with E-state index >= 15 is 0 Å². The second-order valence-electron chi connectivity index (χ2n) is 10.2. The smallest absolute Gasteiger partial charge is 0.270 e. The molecule has 1 aromatic carbocycles. The monoisotopic (exact) mass is 499 g/mol. The zero-order valence-corrected chi connectivity index (χ0v) is 22.3. The molecule has 1 amide bonds. The molecular formula is C28H41N3O5. The van der Waals surface area contributed by atoms with Crippen molar-refractivity contribution < 1.29 is 23.8 Å². The molecule has 0 unspecified atom stereocenters. The fourth-order valence-electron chi connectivity index (χ4n) is 4.45. The minimum Gasteiger partial charge on any atom is -0.493 e. The van der Waals surface area contributed by atoms with Crippen LogP contribution in [0.5, 0.6) is 11.5 Å². The molecule has 0 radical (unpaired) electrons. The second-order valence-corrected chi connectivity index (χ2v) is 10.2. The Labute approximate surface area is 214 Å². The summed E-state index contributed by atoms with van der Waals surface area (Å²) in [6, 6.07) is 7.71. The Morgan fingerprint density at radius 2 is 1.94 bits per heavy atom. The first kappa shape index (κ1) is 27.9. The summed E-state index contributed by atoms with van der Waals surface area (Å²) in [7, 11) is 1.65. The number of aromatic nitrogens is 1. The van der Waals surface area contributed by atoms with E-state index in [1.807, 2.05) is 26.0 Å². The van der Waals surface area contributed by atoms with Crippen molar-refractivity contribution in [2.45, 2.75) is 65.5 Å². The first-order chi connectivity index (χ1) is 17.3. The molecule has 1 aliphatic rings. The third kappa shape index (κ3) is 7.90. The molecular weight excluding hydrogens is 458 g/mol. The highest BCUT2D eigenvalue weighted by Gasteiger charge is 2.24. The summed E-state index contributed by atoms with van der Waals surface area (Å²) in [6.45, 7) is 11.2. The van der Waals surface area contributed by atoms with Crippen molar-refractivity contribution >= 4 is 22.6 Å². The molecule has 0 spiro atoms. The van der Waals surface area contributed by atoms with E-state index in [2.05, 4.69) is 29.0 Å². The van der Waals surface area contributed by atoms with Crippen LogP contribution in [-0.2, 0) is 9.53 Å². The Hall–Kier alpha value is -2.71. The van der Waals surface area contributed by atoms with Gasteiger partial charge in [-0.25, -0.2) is 4.98 Å². The molecule has 1 saturated heterocycles. The zero-order valence-electron chi connectivity index (χ0n) is 22.3. The molecule has 8 nitrogen and oxygen atoms in total. The number of rotatable bonds is 13. The summed E-state index contributed by atoms with van der Waals surface area (Å²) in [5.74, 6) is 1.08. The van der Waals surface area contributed by atoms with Crippen LogP contribution in [0.2, 0.25) is 0 Å². The summed E-state index contributed by atoms with van der Waals surface area (Å²) in [4.78, 5) is 32.6. The van der Waals surface area contributed by atoms with Gasteiger partial charge in [-0.05, 0) is 51.3 Å². The summed E-state index contributed by atoms with van der Waals surface area (Å²) in [6.07, 6.45) is 3.16. The molecule has 1 aromatic heterocycles. The van der Waals surface area contributed by atoms with Crippen LogP contribution in [0, 0.1) is 5.92 Å². The zero-order chi connectivity index (χ0) is 26.1. The molecule has 1 fully saturated rings. The van der Waals surface area contributed by atoms with Gasteiger partial charge in [-0.15, -0.1) is 0 Å². The van der Waals surface area contributed by atoms with E-state index in [4.69, 9.17) is 14.2 Å². The number of para-hydroxylation sites is 1. The molecule has 8 heteroatoms. The maximum Gasteiger partial charge on any atom is 0.270 e. The van der Waals surface area contributed by atoms with E-state index in [1.54, 1.807) is 19.2 Å². The molecule has 36 heavy (non-hydrogen) atoms. The van der Waals surface area contributed by atoms with Gasteiger partial charge in [0.2, 0.25) is 0 Å². The number of carbonyl (C=O) groups excluding carboxylic acids is 2. The number of carbonyl (C=O) groups is 2. The van der Waals surface area contributed by atoms with E-state index in [1.165, 1.54) is 0 Å². The third-order valence-corrected chi connectivity index (χ3v) is 6.29. The first-order valence-corrected chi connectivity index (χ1v) is 13.0. The topological polar surface area (TPSA) is 90.0 Å². The number of pyridine rings is 1. The molecule has 1 atom stereocenters. The lowest BCUT2D eigenvalue weighted by molar-refractivity contribution is -0.121. The van der Waals surface area contributed by atoms with Crippen LogP contribution in [0.1, 0.15) is 63.9 Å². The highest BCUT2D eigenvalue weighted by molar-refractivity contribution is 5.98. The van der Waals surface area contributed by atoms with Gasteiger partial charge in [0.25, 0.3) is 5.91 Å². The number of nitrogens with one attached hydrogen (secondary N) is 1. The maximum absolute atomic E-state index is 13.3. The number of fused-ring (bicyclic) bond motifs is 1. The molecule has 0 saturated carbocycles. The molecule has 3 rings (SSSR count). The highest BCUT2D eigenvalue weighted by atomic mass is 16.5. The SMILES string of the molecule is COCCCOc1cc(C(=O)N[C@@H]2CCCN(C(C)C)C2)nc2c(OCC(=O)CC(C)C)cccc12. The van der Waals surface area contributed by atoms with Gasteiger partial charge < -0.3 is 19.5 Å². The predicted octanol–water partition coefficient (Wildman–Crippen LogP) is 4.25. The number of Topliss-reactive ketones (excluding diaryl/α,β-unsaturated/α-hetero) is 1. The van der Waals surface area contributed by atoms with E-state index in [9.17, 15) is 9.59 Å². The summed E-state index contributed by atoms with van der Waals surface area (Å²) < 4.78 is 17.1. The van der Waals surface area contributed by atoms with Gasteiger partial charge in [0, 0.05) is 56.6 Å². The fourth-order valence-corrected chi connectivity index (χ4v) is 4.45. The lowest BCUT2D eigenvalue weighted by Gasteiger charge is -2.35. The molecule has 2 aromatic rings. The van der Waals surface area contributed by atoms with E-state index in [0.29, 0.717) is 42.7 Å². The van der Waals surface area contributed by atoms with Gasteiger partial charge in [-0.1, -0.05) is 19.9 Å². The standard InChI is InChI=1S/C28H41N3O5/c1-19(2)15-22(32)18-36-25-11-6-10-23-26(35-14-8-13-34-5)16-24(30-27(23)25)28(33)29-21-9-7-12-31(17-21)20(3)4/h6,10-11,16,19-21H,7-9,12-15,17-18H2,1-5H3,(H,29,33)/t21-/m1/s1. The van der Waals surface area contributed by atoms with Crippen molar-refractivity contribution in [1.82, 2.24) is 15.2 Å². The average Bonchev–Trinajstić information content (AvgIpc) is 2.84. The minimum atomic E-state index is -0.236. The predicted molar refractivity (Wildman–Crippen MR) is 141 cm³/mol. The van der Waals surface area contributed by atoms with Crippen LogP contribution in [0.15, 0.2) is 24.3 Å². The minimum absolute atomic E-state index is 0.0268. The van der Waals surface area contributed by atoms with Crippen molar-refractivity contribution in [3.8, 4) is 11.5 Å². The average molecular weight is 500 g/mol. The van der Waals surface area contributed by atoms with E-state index in [0.717, 1.165) is 37.7 Å². The second kappa shape index (κ2) is 13.6. The van der Waals surface area contributed by atoms with Crippen molar-refractivity contribution in [3.05, 3.63) is 30.0 Å². The van der Waals surface area contributed by atoms with Crippen LogP contribution in [0.4, 0.5) is 0 Å². The summed E-state index contributed by atoms with van der Waals surface area (Å²) in [5.41, 5.74) is 0.784. The van der Waals surface area contributed by atoms with Crippen LogP contribution in [-0.4, -0.2) is 73.7 Å². The molecule has 1 N–H and O–H groups in total. The number of hydrogen-bond donors (Lipinski definition) is 1. The Bertz CT molecular complexity index is 1020. The van der Waals surface area contributed by atoms with Gasteiger partial charge in [0.15, 0.2) is 5.78 Å².